The molecule has 82 valence electrons. The highest BCUT2D eigenvalue weighted by molar-refractivity contribution is 5.72. The minimum atomic E-state index is -0.173. The molecular weight excluding hydrogens is 190 g/mol. The maximum Gasteiger partial charge on any atom is 0.311 e. The normalized spacial score (nSPS) is 9.80. The van der Waals surface area contributed by atoms with Crippen LogP contribution in [0.4, 0.5) is 5.69 Å². The molecule has 0 N–H and O–H groups in total. The van der Waals surface area contributed by atoms with E-state index in [-0.39, 0.29) is 5.97 Å². The second-order valence-corrected chi connectivity index (χ2v) is 3.62. The Bertz CT molecular complexity index is 334. The highest BCUT2D eigenvalue weighted by atomic mass is 16.5. The van der Waals surface area contributed by atoms with E-state index in [0.717, 1.165) is 12.1 Å². The standard InChI is InChI=1S/C12H17NO2/c1-4-6-12(14)15-11-8-5-7-10(9-11)13(2)3/h5,7-9H,4,6H2,1-3H3. The van der Waals surface area contributed by atoms with Crippen LogP contribution in [-0.4, -0.2) is 20.1 Å². The number of benzene rings is 1. The Kier molecular flexibility index (Phi) is 4.16. The smallest absolute Gasteiger partial charge is 0.311 e. The predicted molar refractivity (Wildman–Crippen MR) is 61.3 cm³/mol. The molecule has 0 atom stereocenters. The lowest BCUT2D eigenvalue weighted by Gasteiger charge is -2.13. The van der Waals surface area contributed by atoms with E-state index < -0.39 is 0 Å². The monoisotopic (exact) mass is 207 g/mol. The highest BCUT2D eigenvalue weighted by Crippen LogP contribution is 2.19. The van der Waals surface area contributed by atoms with Crippen molar-refractivity contribution in [3.63, 3.8) is 0 Å². The Morgan fingerprint density at radius 1 is 1.40 bits per heavy atom. The van der Waals surface area contributed by atoms with Crippen LogP contribution in [0.3, 0.4) is 0 Å². The van der Waals surface area contributed by atoms with Crippen LogP contribution in [0, 0.1) is 0 Å². The van der Waals surface area contributed by atoms with Gasteiger partial charge in [0, 0.05) is 32.3 Å². The summed E-state index contributed by atoms with van der Waals surface area (Å²) < 4.78 is 5.18. The summed E-state index contributed by atoms with van der Waals surface area (Å²) in [5.41, 5.74) is 1.02. The first kappa shape index (κ1) is 11.6. The van der Waals surface area contributed by atoms with Crippen LogP contribution in [0.15, 0.2) is 24.3 Å². The molecule has 0 aliphatic carbocycles. The molecule has 1 rings (SSSR count). The molecule has 0 unspecified atom stereocenters. The Balaban J connectivity index is 2.69. The molecule has 15 heavy (non-hydrogen) atoms. The molecule has 3 nitrogen and oxygen atoms in total. The average Bonchev–Trinajstić information content (AvgIpc) is 2.18. The molecule has 0 aliphatic heterocycles. The Labute approximate surface area is 90.7 Å². The van der Waals surface area contributed by atoms with Gasteiger partial charge in [-0.15, -0.1) is 0 Å². The zero-order valence-corrected chi connectivity index (χ0v) is 9.49. The minimum Gasteiger partial charge on any atom is -0.426 e. The van der Waals surface area contributed by atoms with E-state index >= 15 is 0 Å². The van der Waals surface area contributed by atoms with Gasteiger partial charge in [-0.3, -0.25) is 4.79 Å². The highest BCUT2D eigenvalue weighted by Gasteiger charge is 2.04. The number of anilines is 1. The second-order valence-electron chi connectivity index (χ2n) is 3.62. The number of hydrogen-bond acceptors (Lipinski definition) is 3. The van der Waals surface area contributed by atoms with Gasteiger partial charge in [0.15, 0.2) is 0 Å². The average molecular weight is 207 g/mol. The first-order chi connectivity index (χ1) is 7.13. The van der Waals surface area contributed by atoms with Gasteiger partial charge in [-0.1, -0.05) is 13.0 Å². The summed E-state index contributed by atoms with van der Waals surface area (Å²) in [6.45, 7) is 1.96. The number of esters is 1. The molecule has 3 heteroatoms. The fourth-order valence-corrected chi connectivity index (χ4v) is 1.21. The van der Waals surface area contributed by atoms with E-state index in [1.54, 1.807) is 6.07 Å². The van der Waals surface area contributed by atoms with Crippen molar-refractivity contribution >= 4 is 11.7 Å². The van der Waals surface area contributed by atoms with Gasteiger partial charge in [-0.2, -0.15) is 0 Å². The molecular formula is C12H17NO2. The van der Waals surface area contributed by atoms with Crippen molar-refractivity contribution in [2.24, 2.45) is 0 Å². The Morgan fingerprint density at radius 2 is 2.13 bits per heavy atom. The molecule has 0 spiro atoms. The van der Waals surface area contributed by atoms with Crippen LogP contribution in [0.1, 0.15) is 19.8 Å². The molecule has 0 saturated carbocycles. The van der Waals surface area contributed by atoms with Gasteiger partial charge in [0.25, 0.3) is 0 Å². The Hall–Kier alpha value is -1.51. The first-order valence-electron chi connectivity index (χ1n) is 5.11. The van der Waals surface area contributed by atoms with Crippen LogP contribution in [0.5, 0.6) is 5.75 Å². The molecule has 1 aromatic carbocycles. The van der Waals surface area contributed by atoms with Crippen LogP contribution >= 0.6 is 0 Å². The van der Waals surface area contributed by atoms with E-state index in [9.17, 15) is 4.79 Å². The number of hydrogen-bond donors (Lipinski definition) is 0. The third-order valence-electron chi connectivity index (χ3n) is 2.02. The number of carbonyl (C=O) groups excluding carboxylic acids is 1. The second kappa shape index (κ2) is 5.39. The van der Waals surface area contributed by atoms with Crippen LogP contribution in [0.2, 0.25) is 0 Å². The van der Waals surface area contributed by atoms with E-state index in [2.05, 4.69) is 0 Å². The molecule has 1 aromatic rings. The zero-order valence-electron chi connectivity index (χ0n) is 9.49. The van der Waals surface area contributed by atoms with Gasteiger partial charge >= 0.3 is 5.97 Å². The van der Waals surface area contributed by atoms with Gasteiger partial charge in [-0.25, -0.2) is 0 Å². The summed E-state index contributed by atoms with van der Waals surface area (Å²) in [6.07, 6.45) is 1.28. The lowest BCUT2D eigenvalue weighted by Crippen LogP contribution is -2.10. The van der Waals surface area contributed by atoms with Crippen molar-refractivity contribution < 1.29 is 9.53 Å². The summed E-state index contributed by atoms with van der Waals surface area (Å²) in [4.78, 5) is 13.2. The maximum atomic E-state index is 11.3. The van der Waals surface area contributed by atoms with E-state index in [0.29, 0.717) is 12.2 Å². The van der Waals surface area contributed by atoms with E-state index in [4.69, 9.17) is 4.74 Å². The molecule has 0 fully saturated rings. The molecule has 0 bridgehead atoms. The summed E-state index contributed by atoms with van der Waals surface area (Å²) in [5, 5.41) is 0. The van der Waals surface area contributed by atoms with Crippen molar-refractivity contribution in [3.8, 4) is 5.75 Å². The summed E-state index contributed by atoms with van der Waals surface area (Å²) in [5.74, 6) is 0.438. The topological polar surface area (TPSA) is 29.5 Å². The molecule has 0 saturated heterocycles. The van der Waals surface area contributed by atoms with Gasteiger partial charge < -0.3 is 9.64 Å². The molecule has 0 radical (unpaired) electrons. The predicted octanol–water partition coefficient (Wildman–Crippen LogP) is 2.46. The van der Waals surface area contributed by atoms with Gasteiger partial charge in [0.05, 0.1) is 0 Å². The largest absolute Gasteiger partial charge is 0.426 e. The van der Waals surface area contributed by atoms with Gasteiger partial charge in [0.1, 0.15) is 5.75 Å². The summed E-state index contributed by atoms with van der Waals surface area (Å²) in [7, 11) is 3.90. The van der Waals surface area contributed by atoms with E-state index in [1.807, 2.05) is 44.1 Å². The maximum absolute atomic E-state index is 11.3. The third kappa shape index (κ3) is 3.62. The van der Waals surface area contributed by atoms with Crippen molar-refractivity contribution in [2.75, 3.05) is 19.0 Å². The van der Waals surface area contributed by atoms with Crippen molar-refractivity contribution in [1.29, 1.82) is 0 Å². The van der Waals surface area contributed by atoms with Crippen LogP contribution in [-0.2, 0) is 4.79 Å². The van der Waals surface area contributed by atoms with Crippen LogP contribution in [0.25, 0.3) is 0 Å². The SMILES string of the molecule is CCCC(=O)Oc1cccc(N(C)C)c1. The number of rotatable bonds is 4. The molecule has 0 aromatic heterocycles. The van der Waals surface area contributed by atoms with Crippen molar-refractivity contribution in [2.45, 2.75) is 19.8 Å². The lowest BCUT2D eigenvalue weighted by atomic mass is 10.3. The number of nitrogens with zero attached hydrogens (tertiary/aromatic N) is 1. The first-order valence-corrected chi connectivity index (χ1v) is 5.11. The molecule has 0 heterocycles. The number of carbonyl (C=O) groups is 1. The van der Waals surface area contributed by atoms with Gasteiger partial charge in [0.2, 0.25) is 0 Å². The summed E-state index contributed by atoms with van der Waals surface area (Å²) in [6, 6.07) is 7.50. The lowest BCUT2D eigenvalue weighted by molar-refractivity contribution is -0.134. The Morgan fingerprint density at radius 3 is 2.73 bits per heavy atom. The molecule has 0 amide bonds. The quantitative estimate of drug-likeness (QED) is 0.561. The van der Waals surface area contributed by atoms with Crippen LogP contribution < -0.4 is 9.64 Å². The van der Waals surface area contributed by atoms with Gasteiger partial charge in [-0.05, 0) is 18.6 Å². The fraction of sp³-hybridized carbons (Fsp3) is 0.417. The van der Waals surface area contributed by atoms with Crippen molar-refractivity contribution in [1.82, 2.24) is 0 Å². The summed E-state index contributed by atoms with van der Waals surface area (Å²) >= 11 is 0. The molecule has 0 aliphatic rings. The van der Waals surface area contributed by atoms with E-state index in [1.165, 1.54) is 0 Å². The zero-order chi connectivity index (χ0) is 11.3. The fourth-order valence-electron chi connectivity index (χ4n) is 1.21. The van der Waals surface area contributed by atoms with Crippen molar-refractivity contribution in [3.05, 3.63) is 24.3 Å². The number of ether oxygens (including phenoxy) is 1. The third-order valence-corrected chi connectivity index (χ3v) is 2.02. The minimum absolute atomic E-state index is 0.173.